The molecule has 0 aliphatic rings. The molecule has 5 aromatic carbocycles. The van der Waals surface area contributed by atoms with E-state index in [1.54, 1.807) is 0 Å². The van der Waals surface area contributed by atoms with E-state index in [1.165, 1.54) is 21.2 Å². The molecule has 0 bridgehead atoms. The van der Waals surface area contributed by atoms with Crippen LogP contribution in [0.1, 0.15) is 25.0 Å². The normalized spacial score (nSPS) is 11.8. The van der Waals surface area contributed by atoms with E-state index in [2.05, 4.69) is 159 Å². The van der Waals surface area contributed by atoms with Gasteiger partial charge in [0, 0.05) is 11.1 Å². The first kappa shape index (κ1) is 25.5. The van der Waals surface area contributed by atoms with E-state index in [4.69, 9.17) is 5.10 Å². The van der Waals surface area contributed by atoms with Gasteiger partial charge in [-0.05, 0) is 41.9 Å². The molecule has 0 saturated heterocycles. The van der Waals surface area contributed by atoms with Crippen LogP contribution in [0.25, 0.3) is 0 Å². The Hall–Kier alpha value is -4.13. The van der Waals surface area contributed by atoms with Gasteiger partial charge < -0.3 is 5.43 Å². The molecule has 5 aromatic rings. The number of hydrogen-bond acceptors (Lipinski definition) is 2. The molecular weight excluding hydrogens is 479 g/mol. The highest BCUT2D eigenvalue weighted by Gasteiger charge is 2.29. The van der Waals surface area contributed by atoms with Crippen LogP contribution in [0.4, 0.5) is 0 Å². The number of rotatable bonds is 8. The third-order valence-electron chi connectivity index (χ3n) is 7.05. The molecular formula is C35H33N2P. The summed E-state index contributed by atoms with van der Waals surface area (Å²) < 4.78 is 0. The van der Waals surface area contributed by atoms with Crippen LogP contribution in [0.15, 0.2) is 157 Å². The molecule has 5 rings (SSSR count). The van der Waals surface area contributed by atoms with Gasteiger partial charge in [-0.2, -0.15) is 5.10 Å². The Labute approximate surface area is 226 Å². The lowest BCUT2D eigenvalue weighted by molar-refractivity contribution is 0.705. The molecule has 2 nitrogen and oxygen atoms in total. The van der Waals surface area contributed by atoms with Gasteiger partial charge in [0.2, 0.25) is 0 Å². The van der Waals surface area contributed by atoms with Gasteiger partial charge in [-0.15, -0.1) is 0 Å². The summed E-state index contributed by atoms with van der Waals surface area (Å²) >= 11 is 0. The van der Waals surface area contributed by atoms with Crippen molar-refractivity contribution in [2.75, 3.05) is 0 Å². The molecule has 3 heteroatoms. The van der Waals surface area contributed by atoms with E-state index >= 15 is 0 Å². The molecule has 0 heterocycles. The zero-order valence-electron chi connectivity index (χ0n) is 21.9. The molecule has 0 aliphatic carbocycles. The average molecular weight is 513 g/mol. The van der Waals surface area contributed by atoms with Gasteiger partial charge in [0.1, 0.15) is 0 Å². The lowest BCUT2D eigenvalue weighted by atomic mass is 10.0. The van der Waals surface area contributed by atoms with Gasteiger partial charge in [-0.3, -0.25) is 0 Å². The Bertz CT molecular complexity index is 1380. The second-order valence-corrected chi connectivity index (χ2v) is 13.0. The monoisotopic (exact) mass is 512 g/mol. The summed E-state index contributed by atoms with van der Waals surface area (Å²) in [4.78, 5) is 0. The molecule has 38 heavy (non-hydrogen) atoms. The van der Waals surface area contributed by atoms with Crippen molar-refractivity contribution in [2.24, 2.45) is 5.10 Å². The van der Waals surface area contributed by atoms with Crippen LogP contribution in [0, 0.1) is 0 Å². The topological polar surface area (TPSA) is 24.4 Å². The lowest BCUT2D eigenvalue weighted by Gasteiger charge is -2.34. The van der Waals surface area contributed by atoms with Gasteiger partial charge >= 0.3 is 0 Å². The van der Waals surface area contributed by atoms with Gasteiger partial charge in [-0.1, -0.05) is 152 Å². The van der Waals surface area contributed by atoms with E-state index in [0.29, 0.717) is 0 Å². The fourth-order valence-corrected chi connectivity index (χ4v) is 9.66. The summed E-state index contributed by atoms with van der Waals surface area (Å²) in [6, 6.07) is 53.7. The minimum absolute atomic E-state index is 0.0198. The van der Waals surface area contributed by atoms with Crippen molar-refractivity contribution in [2.45, 2.75) is 19.9 Å². The molecule has 0 spiro atoms. The Kier molecular flexibility index (Phi) is 8.02. The zero-order chi connectivity index (χ0) is 26.2. The SMILES string of the molecule is CC([C@H](C)NN=C(c1ccccc1)c1ccccc1)=P(c1ccccc1)(c1ccccc1)c1ccccc1. The van der Waals surface area contributed by atoms with Crippen LogP contribution >= 0.6 is 6.89 Å². The van der Waals surface area contributed by atoms with Crippen LogP contribution in [0.3, 0.4) is 0 Å². The summed E-state index contributed by atoms with van der Waals surface area (Å²) in [5, 5.41) is 10.5. The number of hydrazone groups is 1. The fourth-order valence-electron chi connectivity index (χ4n) is 5.05. The zero-order valence-corrected chi connectivity index (χ0v) is 22.8. The predicted molar refractivity (Wildman–Crippen MR) is 167 cm³/mol. The van der Waals surface area contributed by atoms with E-state index in [9.17, 15) is 0 Å². The second kappa shape index (κ2) is 11.9. The summed E-state index contributed by atoms with van der Waals surface area (Å²) in [6.07, 6.45) is 0. The molecule has 1 N–H and O–H groups in total. The maximum atomic E-state index is 5.04. The molecule has 0 unspecified atom stereocenters. The molecule has 0 saturated carbocycles. The van der Waals surface area contributed by atoms with Crippen molar-refractivity contribution < 1.29 is 0 Å². The quantitative estimate of drug-likeness (QED) is 0.141. The molecule has 1 atom stereocenters. The fraction of sp³-hybridized carbons (Fsp3) is 0.0857. The standard InChI is InChI=1S/C35H33N2P/c1-28(36-37-35(30-18-8-3-9-19-30)31-20-10-4-11-21-31)29(2)38(32-22-12-5-13-23-32,33-24-14-6-15-25-33)34-26-16-7-17-27-34/h3-28,36H,1-2H3/t28-/m0/s1. The molecule has 0 amide bonds. The molecule has 0 aromatic heterocycles. The predicted octanol–water partition coefficient (Wildman–Crippen LogP) is 6.60. The summed E-state index contributed by atoms with van der Waals surface area (Å²) in [6.45, 7) is 2.42. The maximum absolute atomic E-state index is 5.04. The third kappa shape index (κ3) is 5.14. The minimum Gasteiger partial charge on any atom is -0.303 e. The van der Waals surface area contributed by atoms with Crippen molar-refractivity contribution in [3.8, 4) is 0 Å². The van der Waals surface area contributed by atoms with Gasteiger partial charge in [0.25, 0.3) is 0 Å². The third-order valence-corrected chi connectivity index (χ3v) is 11.7. The summed E-state index contributed by atoms with van der Waals surface area (Å²) in [5.41, 5.74) is 6.69. The average Bonchev–Trinajstić information content (AvgIpc) is 3.00. The second-order valence-electron chi connectivity index (χ2n) is 9.36. The van der Waals surface area contributed by atoms with Crippen LogP contribution in [-0.2, 0) is 0 Å². The van der Waals surface area contributed by atoms with Gasteiger partial charge in [0.05, 0.1) is 11.8 Å². The lowest BCUT2D eigenvalue weighted by Crippen LogP contribution is -2.38. The summed E-state index contributed by atoms with van der Waals surface area (Å²) in [7, 11) is 0. The van der Waals surface area contributed by atoms with Crippen molar-refractivity contribution >= 4 is 33.8 Å². The number of benzene rings is 5. The Morgan fingerprint density at radius 3 is 1.18 bits per heavy atom. The van der Waals surface area contributed by atoms with Crippen molar-refractivity contribution in [3.05, 3.63) is 163 Å². The Balaban J connectivity index is 1.70. The Morgan fingerprint density at radius 1 is 0.526 bits per heavy atom. The van der Waals surface area contributed by atoms with E-state index < -0.39 is 6.89 Å². The molecule has 0 fully saturated rings. The largest absolute Gasteiger partial charge is 0.303 e. The first-order chi connectivity index (χ1) is 18.7. The van der Waals surface area contributed by atoms with E-state index in [0.717, 1.165) is 16.8 Å². The first-order valence-electron chi connectivity index (χ1n) is 13.0. The highest BCUT2D eigenvalue weighted by molar-refractivity contribution is 7.95. The van der Waals surface area contributed by atoms with Gasteiger partial charge in [0.15, 0.2) is 0 Å². The van der Waals surface area contributed by atoms with Crippen LogP contribution in [-0.4, -0.2) is 17.0 Å². The highest BCUT2D eigenvalue weighted by Crippen LogP contribution is 2.46. The first-order valence-corrected chi connectivity index (χ1v) is 14.8. The number of hydrogen-bond donors (Lipinski definition) is 1. The van der Waals surface area contributed by atoms with Crippen molar-refractivity contribution in [1.29, 1.82) is 0 Å². The molecule has 188 valence electrons. The minimum atomic E-state index is -2.12. The Morgan fingerprint density at radius 2 is 0.842 bits per heavy atom. The maximum Gasteiger partial charge on any atom is 0.0973 e. The molecule has 0 aliphatic heterocycles. The van der Waals surface area contributed by atoms with Crippen molar-refractivity contribution in [1.82, 2.24) is 5.43 Å². The number of nitrogens with zero attached hydrogens (tertiary/aromatic N) is 1. The van der Waals surface area contributed by atoms with E-state index in [1.807, 2.05) is 12.1 Å². The number of nitrogens with one attached hydrogen (secondary N) is 1. The van der Waals surface area contributed by atoms with Gasteiger partial charge in [-0.25, -0.2) is 0 Å². The van der Waals surface area contributed by atoms with Crippen LogP contribution < -0.4 is 21.3 Å². The smallest absolute Gasteiger partial charge is 0.0973 e. The van der Waals surface area contributed by atoms with E-state index in [-0.39, 0.29) is 6.04 Å². The van der Waals surface area contributed by atoms with Crippen LogP contribution in [0.2, 0.25) is 0 Å². The summed E-state index contributed by atoms with van der Waals surface area (Å²) in [5.74, 6) is 0. The molecule has 0 radical (unpaired) electrons. The van der Waals surface area contributed by atoms with Crippen LogP contribution in [0.5, 0.6) is 0 Å². The van der Waals surface area contributed by atoms with Crippen molar-refractivity contribution in [3.63, 3.8) is 0 Å². The highest BCUT2D eigenvalue weighted by atomic mass is 31.2.